The molecule has 36 heavy (non-hydrogen) atoms. The summed E-state index contributed by atoms with van der Waals surface area (Å²) in [6.07, 6.45) is 1.50. The van der Waals surface area contributed by atoms with Crippen LogP contribution in [0.25, 0.3) is 17.5 Å². The fourth-order valence-electron chi connectivity index (χ4n) is 3.84. The molecule has 2 amide bonds. The van der Waals surface area contributed by atoms with Crippen LogP contribution in [0.4, 0.5) is 23.7 Å². The summed E-state index contributed by atoms with van der Waals surface area (Å²) in [5.41, 5.74) is 0.275. The van der Waals surface area contributed by atoms with Gasteiger partial charge in [0.25, 0.3) is 5.91 Å². The van der Waals surface area contributed by atoms with Gasteiger partial charge in [-0.15, -0.1) is 0 Å². The highest BCUT2D eigenvalue weighted by Crippen LogP contribution is 2.35. The van der Waals surface area contributed by atoms with Gasteiger partial charge >= 0.3 is 12.3 Å². The van der Waals surface area contributed by atoms with Gasteiger partial charge in [0.1, 0.15) is 0 Å². The van der Waals surface area contributed by atoms with Gasteiger partial charge in [0, 0.05) is 18.7 Å². The molecular formula is C25H23F3N4O4. The second kappa shape index (κ2) is 10.6. The molecule has 1 aliphatic heterocycles. The largest absolute Gasteiger partial charge is 0.453 e. The average molecular weight is 500 g/mol. The lowest BCUT2D eigenvalue weighted by atomic mass is 10.0. The molecule has 1 fully saturated rings. The van der Waals surface area contributed by atoms with E-state index in [1.165, 1.54) is 31.5 Å². The van der Waals surface area contributed by atoms with E-state index in [0.717, 1.165) is 12.8 Å². The summed E-state index contributed by atoms with van der Waals surface area (Å²) in [4.78, 5) is 33.9. The second-order valence-corrected chi connectivity index (χ2v) is 8.20. The molecule has 188 valence electrons. The summed E-state index contributed by atoms with van der Waals surface area (Å²) in [5.74, 6) is -2.51. The van der Waals surface area contributed by atoms with Gasteiger partial charge in [0.05, 0.1) is 24.7 Å². The van der Waals surface area contributed by atoms with Crippen LogP contribution in [0.15, 0.2) is 59.2 Å². The third-order valence-corrected chi connectivity index (χ3v) is 5.64. The number of methoxy groups -OCH3 is 1. The summed E-state index contributed by atoms with van der Waals surface area (Å²) >= 11 is 0. The fourth-order valence-corrected chi connectivity index (χ4v) is 3.84. The zero-order chi connectivity index (χ0) is 25.7. The zero-order valence-corrected chi connectivity index (χ0v) is 19.3. The Labute approximate surface area is 204 Å². The van der Waals surface area contributed by atoms with Gasteiger partial charge in [-0.05, 0) is 49.1 Å². The van der Waals surface area contributed by atoms with Gasteiger partial charge in [0.2, 0.25) is 11.7 Å². The van der Waals surface area contributed by atoms with Crippen molar-refractivity contribution in [2.24, 2.45) is 5.92 Å². The van der Waals surface area contributed by atoms with Crippen LogP contribution in [0, 0.1) is 5.92 Å². The maximum absolute atomic E-state index is 13.5. The van der Waals surface area contributed by atoms with Crippen molar-refractivity contribution >= 4 is 23.8 Å². The topological polar surface area (TPSA) is 97.6 Å². The summed E-state index contributed by atoms with van der Waals surface area (Å²) < 4.78 is 50.1. The lowest BCUT2D eigenvalue weighted by molar-refractivity contribution is -0.153. The third kappa shape index (κ3) is 5.91. The van der Waals surface area contributed by atoms with Crippen molar-refractivity contribution in [2.45, 2.75) is 19.0 Å². The van der Waals surface area contributed by atoms with E-state index in [-0.39, 0.29) is 17.7 Å². The first-order chi connectivity index (χ1) is 17.2. The van der Waals surface area contributed by atoms with Crippen molar-refractivity contribution in [3.63, 3.8) is 0 Å². The van der Waals surface area contributed by atoms with E-state index >= 15 is 0 Å². The number of likely N-dealkylation sites (tertiary alicyclic amines) is 1. The normalized spacial score (nSPS) is 15.9. The highest BCUT2D eigenvalue weighted by molar-refractivity contribution is 6.03. The van der Waals surface area contributed by atoms with Crippen LogP contribution >= 0.6 is 0 Å². The first-order valence-corrected chi connectivity index (χ1v) is 11.1. The second-order valence-electron chi connectivity index (χ2n) is 8.20. The molecule has 4 rings (SSSR count). The smallest absolute Gasteiger partial charge is 0.452 e. The molecule has 3 aromatic rings. The zero-order valence-electron chi connectivity index (χ0n) is 19.3. The van der Waals surface area contributed by atoms with Crippen LogP contribution in [-0.4, -0.2) is 47.1 Å². The van der Waals surface area contributed by atoms with E-state index in [0.29, 0.717) is 30.3 Å². The fraction of sp³-hybridized carbons (Fsp3) is 0.280. The van der Waals surface area contributed by atoms with Crippen LogP contribution in [0.3, 0.4) is 0 Å². The molecule has 1 aliphatic rings. The quantitative estimate of drug-likeness (QED) is 0.480. The molecule has 8 nitrogen and oxygen atoms in total. The predicted molar refractivity (Wildman–Crippen MR) is 125 cm³/mol. The van der Waals surface area contributed by atoms with E-state index in [1.807, 2.05) is 6.08 Å². The van der Waals surface area contributed by atoms with Crippen molar-refractivity contribution in [1.82, 2.24) is 14.9 Å². The Morgan fingerprint density at radius 3 is 2.67 bits per heavy atom. The molecule has 0 unspecified atom stereocenters. The number of hydrogen-bond donors (Lipinski definition) is 1. The van der Waals surface area contributed by atoms with Gasteiger partial charge in [-0.25, -0.2) is 9.78 Å². The number of ether oxygens (including phenoxy) is 1. The van der Waals surface area contributed by atoms with Crippen molar-refractivity contribution in [2.75, 3.05) is 25.5 Å². The molecule has 1 atom stereocenters. The molecule has 11 heteroatoms. The SMILES string of the molecule is COC(=O)N1CC[C@H](C/C=C/c2ccc(NC(=O)c3nc(-c4ccccc4)oc3C(F)(F)F)cn2)C1. The number of nitrogens with one attached hydrogen (secondary N) is 1. The minimum Gasteiger partial charge on any atom is -0.453 e. The number of hydrogen-bond acceptors (Lipinski definition) is 6. The molecule has 1 saturated heterocycles. The molecule has 0 aliphatic carbocycles. The Bertz CT molecular complexity index is 1240. The molecule has 1 N–H and O–H groups in total. The maximum Gasteiger partial charge on any atom is 0.452 e. The van der Waals surface area contributed by atoms with Gasteiger partial charge in [-0.1, -0.05) is 24.3 Å². The average Bonchev–Trinajstić information content (AvgIpc) is 3.53. The lowest BCUT2D eigenvalue weighted by Gasteiger charge is -2.13. The molecule has 1 aromatic carbocycles. The Morgan fingerprint density at radius 1 is 1.22 bits per heavy atom. The number of oxazole rings is 1. The first kappa shape index (κ1) is 25.0. The van der Waals surface area contributed by atoms with Crippen molar-refractivity contribution < 1.29 is 31.9 Å². The molecule has 0 radical (unpaired) electrons. The van der Waals surface area contributed by atoms with Gasteiger partial charge in [-0.3, -0.25) is 9.78 Å². The number of aromatic nitrogens is 2. The molecule has 0 saturated carbocycles. The Hall–Kier alpha value is -4.15. The minimum absolute atomic E-state index is 0.207. The van der Waals surface area contributed by atoms with Crippen LogP contribution < -0.4 is 5.32 Å². The van der Waals surface area contributed by atoms with Crippen LogP contribution in [0.1, 0.15) is 34.8 Å². The number of rotatable bonds is 6. The highest BCUT2D eigenvalue weighted by atomic mass is 19.4. The number of allylic oxidation sites excluding steroid dienone is 1. The van der Waals surface area contributed by atoms with Gasteiger partial charge < -0.3 is 19.4 Å². The number of halogens is 3. The number of benzene rings is 1. The predicted octanol–water partition coefficient (Wildman–Crippen LogP) is 5.50. The van der Waals surface area contributed by atoms with E-state index in [1.54, 1.807) is 35.2 Å². The van der Waals surface area contributed by atoms with Crippen molar-refractivity contribution in [3.05, 3.63) is 71.9 Å². The first-order valence-electron chi connectivity index (χ1n) is 11.1. The number of amides is 2. The number of pyridine rings is 1. The molecule has 2 aromatic heterocycles. The van der Waals surface area contributed by atoms with Crippen LogP contribution in [-0.2, 0) is 10.9 Å². The molecule has 3 heterocycles. The Morgan fingerprint density at radius 2 is 2.00 bits per heavy atom. The molecule has 0 bridgehead atoms. The highest BCUT2D eigenvalue weighted by Gasteiger charge is 2.42. The summed E-state index contributed by atoms with van der Waals surface area (Å²) in [5, 5.41) is 2.39. The number of anilines is 1. The Kier molecular flexibility index (Phi) is 7.37. The van der Waals surface area contributed by atoms with Crippen LogP contribution in [0.2, 0.25) is 0 Å². The van der Waals surface area contributed by atoms with E-state index < -0.39 is 23.5 Å². The number of nitrogens with zero attached hydrogens (tertiary/aromatic N) is 3. The molecule has 0 spiro atoms. The van der Waals surface area contributed by atoms with Gasteiger partial charge in [-0.2, -0.15) is 13.2 Å². The summed E-state index contributed by atoms with van der Waals surface area (Å²) in [6, 6.07) is 11.2. The Balaban J connectivity index is 1.39. The van der Waals surface area contributed by atoms with Crippen LogP contribution in [0.5, 0.6) is 0 Å². The van der Waals surface area contributed by atoms with Crippen molar-refractivity contribution in [3.8, 4) is 11.5 Å². The monoisotopic (exact) mass is 500 g/mol. The number of alkyl halides is 3. The van der Waals surface area contributed by atoms with E-state index in [2.05, 4.69) is 15.3 Å². The maximum atomic E-state index is 13.5. The standard InChI is InChI=1S/C25H23F3N4O4/c1-35-24(34)32-13-12-16(15-32)6-5-9-18-10-11-19(14-29-18)30-22(33)20-21(25(26,27)28)36-23(31-20)17-7-3-2-4-8-17/h2-5,7-11,14,16H,6,12-13,15H2,1H3,(H,30,33)/b9-5+/t16-/m0/s1. The van der Waals surface area contributed by atoms with Crippen molar-refractivity contribution in [1.29, 1.82) is 0 Å². The van der Waals surface area contributed by atoms with Gasteiger partial charge in [0.15, 0.2) is 5.69 Å². The third-order valence-electron chi connectivity index (χ3n) is 5.64. The molecular weight excluding hydrogens is 477 g/mol. The van der Waals surface area contributed by atoms with E-state index in [9.17, 15) is 22.8 Å². The summed E-state index contributed by atoms with van der Waals surface area (Å²) in [7, 11) is 1.36. The number of carbonyl (C=O) groups excluding carboxylic acids is 2. The van der Waals surface area contributed by atoms with E-state index in [4.69, 9.17) is 9.15 Å². The summed E-state index contributed by atoms with van der Waals surface area (Å²) in [6.45, 7) is 1.29. The lowest BCUT2D eigenvalue weighted by Crippen LogP contribution is -2.28. The number of carbonyl (C=O) groups is 2. The minimum atomic E-state index is -4.90.